The Labute approximate surface area is 216 Å². The van der Waals surface area contributed by atoms with E-state index in [0.717, 1.165) is 38.8 Å². The van der Waals surface area contributed by atoms with E-state index in [1.165, 1.54) is 30.9 Å². The summed E-state index contributed by atoms with van der Waals surface area (Å²) in [6.45, 7) is 7.95. The summed E-state index contributed by atoms with van der Waals surface area (Å²) in [5.41, 5.74) is 1.26. The number of sulfonamides is 1. The second-order valence-electron chi connectivity index (χ2n) is 9.97. The highest BCUT2D eigenvalue weighted by atomic mass is 32.2. The smallest absolute Gasteiger partial charge is 0.248 e. The molecule has 2 aliphatic rings. The Bertz CT molecular complexity index is 951. The van der Waals surface area contributed by atoms with Crippen molar-refractivity contribution in [3.8, 4) is 5.75 Å². The van der Waals surface area contributed by atoms with E-state index in [4.69, 9.17) is 14.2 Å². The first-order valence-electron chi connectivity index (χ1n) is 12.9. The van der Waals surface area contributed by atoms with Gasteiger partial charge in [0.05, 0.1) is 31.3 Å². The van der Waals surface area contributed by atoms with Crippen molar-refractivity contribution < 1.29 is 27.4 Å². The molecule has 1 aromatic rings. The van der Waals surface area contributed by atoms with Gasteiger partial charge in [0.25, 0.3) is 0 Å². The van der Waals surface area contributed by atoms with Gasteiger partial charge in [0, 0.05) is 33.2 Å². The number of rotatable bonds is 13. The Hall–Kier alpha value is -1.72. The summed E-state index contributed by atoms with van der Waals surface area (Å²) < 4.78 is 44.3. The monoisotopic (exact) mass is 525 g/mol. The quantitative estimate of drug-likeness (QED) is 0.366. The van der Waals surface area contributed by atoms with Gasteiger partial charge in [-0.25, -0.2) is 8.42 Å². The van der Waals surface area contributed by atoms with Gasteiger partial charge < -0.3 is 24.0 Å². The first kappa shape index (κ1) is 28.8. The fraction of sp³-hybridized carbons (Fsp3) is 0.731. The number of methoxy groups -OCH3 is 1. The highest BCUT2D eigenvalue weighted by Gasteiger charge is 2.28. The minimum atomic E-state index is -3.69. The fourth-order valence-electron chi connectivity index (χ4n) is 4.92. The molecule has 204 valence electrons. The standard InChI is InChI=1S/C26H43N3O6S/c1-20-17-24(33-5)18-21(2)26(20)36(31,32)27(3)13-15-34-19-25(30)28(4)22-7-9-23(10-8-22)35-16-14-29-11-6-12-29/h17-18,22-23H,6-16,19H2,1-5H3. The molecule has 0 bridgehead atoms. The SMILES string of the molecule is COc1cc(C)c(S(=O)(=O)N(C)CCOCC(=O)N(C)C2CCC(OCCN3CCC3)CC2)c(C)c1. The Kier molecular flexibility index (Phi) is 10.6. The third-order valence-electron chi connectivity index (χ3n) is 7.41. The summed E-state index contributed by atoms with van der Waals surface area (Å²) in [5, 5.41) is 0. The second kappa shape index (κ2) is 13.2. The minimum absolute atomic E-state index is 0.0583. The van der Waals surface area contributed by atoms with Crippen LogP contribution in [0.15, 0.2) is 17.0 Å². The number of hydrogen-bond acceptors (Lipinski definition) is 7. The van der Waals surface area contributed by atoms with Crippen molar-refractivity contribution in [2.75, 3.05) is 67.2 Å². The largest absolute Gasteiger partial charge is 0.497 e. The predicted octanol–water partition coefficient (Wildman–Crippen LogP) is 2.44. The Balaban J connectivity index is 1.37. The molecule has 1 aromatic carbocycles. The van der Waals surface area contributed by atoms with Crippen LogP contribution in [-0.2, 0) is 24.3 Å². The molecular weight excluding hydrogens is 482 g/mol. The van der Waals surface area contributed by atoms with E-state index in [2.05, 4.69) is 4.90 Å². The molecule has 9 nitrogen and oxygen atoms in total. The number of carbonyl (C=O) groups is 1. The topological polar surface area (TPSA) is 88.6 Å². The molecule has 0 aromatic heterocycles. The Morgan fingerprint density at radius 3 is 2.25 bits per heavy atom. The number of ether oxygens (including phenoxy) is 3. The van der Waals surface area contributed by atoms with Crippen molar-refractivity contribution in [2.24, 2.45) is 0 Å². The van der Waals surface area contributed by atoms with Crippen LogP contribution in [0.3, 0.4) is 0 Å². The molecule has 1 saturated heterocycles. The summed E-state index contributed by atoms with van der Waals surface area (Å²) in [5.74, 6) is 0.547. The minimum Gasteiger partial charge on any atom is -0.497 e. The van der Waals surface area contributed by atoms with Crippen LogP contribution in [0, 0.1) is 13.8 Å². The maximum Gasteiger partial charge on any atom is 0.248 e. The third kappa shape index (κ3) is 7.41. The molecule has 10 heteroatoms. The van der Waals surface area contributed by atoms with Crippen molar-refractivity contribution in [1.29, 1.82) is 0 Å². The van der Waals surface area contributed by atoms with E-state index < -0.39 is 10.0 Å². The molecule has 3 rings (SSSR count). The molecule has 1 amide bonds. The number of aryl methyl sites for hydroxylation is 2. The Morgan fingerprint density at radius 2 is 1.69 bits per heavy atom. The van der Waals surface area contributed by atoms with Crippen LogP contribution in [0.25, 0.3) is 0 Å². The fourth-order valence-corrected chi connectivity index (χ4v) is 6.48. The average Bonchev–Trinajstić information content (AvgIpc) is 2.82. The van der Waals surface area contributed by atoms with Crippen LogP contribution in [0.4, 0.5) is 0 Å². The summed E-state index contributed by atoms with van der Waals surface area (Å²) in [4.78, 5) is 17.1. The van der Waals surface area contributed by atoms with Crippen LogP contribution >= 0.6 is 0 Å². The molecule has 0 N–H and O–H groups in total. The van der Waals surface area contributed by atoms with Crippen molar-refractivity contribution >= 4 is 15.9 Å². The number of amides is 1. The van der Waals surface area contributed by atoms with Gasteiger partial charge in [0.1, 0.15) is 12.4 Å². The first-order chi connectivity index (χ1) is 17.1. The average molecular weight is 526 g/mol. The third-order valence-corrected chi connectivity index (χ3v) is 9.57. The van der Waals surface area contributed by atoms with Crippen molar-refractivity contribution in [2.45, 2.75) is 63.0 Å². The molecule has 0 atom stereocenters. The van der Waals surface area contributed by atoms with Gasteiger partial charge in [-0.15, -0.1) is 0 Å². The zero-order valence-electron chi connectivity index (χ0n) is 22.5. The normalized spacial score (nSPS) is 20.8. The summed E-state index contributed by atoms with van der Waals surface area (Å²) >= 11 is 0. The number of hydrogen-bond donors (Lipinski definition) is 0. The second-order valence-corrected chi connectivity index (χ2v) is 12.0. The van der Waals surface area contributed by atoms with Gasteiger partial charge in [0.2, 0.25) is 15.9 Å². The van der Waals surface area contributed by atoms with Gasteiger partial charge in [-0.05, 0) is 82.3 Å². The van der Waals surface area contributed by atoms with Gasteiger partial charge in [0.15, 0.2) is 0 Å². The van der Waals surface area contributed by atoms with Gasteiger partial charge in [-0.2, -0.15) is 4.31 Å². The number of likely N-dealkylation sites (N-methyl/N-ethyl adjacent to an activating group) is 2. The van der Waals surface area contributed by atoms with E-state index in [9.17, 15) is 13.2 Å². The lowest BCUT2D eigenvalue weighted by Crippen LogP contribution is -2.43. The maximum atomic E-state index is 13.1. The molecule has 1 aliphatic carbocycles. The lowest BCUT2D eigenvalue weighted by atomic mass is 9.92. The zero-order valence-corrected chi connectivity index (χ0v) is 23.3. The summed E-state index contributed by atoms with van der Waals surface area (Å²) in [6, 6.07) is 3.62. The molecule has 0 unspecified atom stereocenters. The number of carbonyl (C=O) groups excluding carboxylic acids is 1. The zero-order chi connectivity index (χ0) is 26.3. The van der Waals surface area contributed by atoms with E-state index >= 15 is 0 Å². The van der Waals surface area contributed by atoms with Crippen molar-refractivity contribution in [1.82, 2.24) is 14.1 Å². The molecule has 1 saturated carbocycles. The van der Waals surface area contributed by atoms with Crippen LogP contribution < -0.4 is 4.74 Å². The lowest BCUT2D eigenvalue weighted by Gasteiger charge is -2.35. The molecule has 36 heavy (non-hydrogen) atoms. The molecular formula is C26H43N3O6S. The highest BCUT2D eigenvalue weighted by molar-refractivity contribution is 7.89. The van der Waals surface area contributed by atoms with E-state index in [1.807, 2.05) is 7.05 Å². The van der Waals surface area contributed by atoms with Crippen molar-refractivity contribution in [3.05, 3.63) is 23.3 Å². The Morgan fingerprint density at radius 1 is 1.06 bits per heavy atom. The summed E-state index contributed by atoms with van der Waals surface area (Å²) in [7, 11) is 1.22. The van der Waals surface area contributed by atoms with E-state index in [0.29, 0.717) is 16.9 Å². The van der Waals surface area contributed by atoms with E-state index in [1.54, 1.807) is 38.0 Å². The molecule has 1 heterocycles. The number of likely N-dealkylation sites (tertiary alicyclic amines) is 1. The first-order valence-corrected chi connectivity index (χ1v) is 14.4. The van der Waals surface area contributed by atoms with Crippen LogP contribution in [-0.4, -0.2) is 108 Å². The van der Waals surface area contributed by atoms with Crippen LogP contribution in [0.2, 0.25) is 0 Å². The molecule has 2 fully saturated rings. The van der Waals surface area contributed by atoms with Gasteiger partial charge >= 0.3 is 0 Å². The molecule has 0 spiro atoms. The van der Waals surface area contributed by atoms with Gasteiger partial charge in [-0.3, -0.25) is 4.79 Å². The van der Waals surface area contributed by atoms with Gasteiger partial charge in [-0.1, -0.05) is 0 Å². The van der Waals surface area contributed by atoms with Crippen LogP contribution in [0.1, 0.15) is 43.2 Å². The number of nitrogens with zero attached hydrogens (tertiary/aromatic N) is 3. The van der Waals surface area contributed by atoms with Crippen LogP contribution in [0.5, 0.6) is 5.75 Å². The molecule has 0 radical (unpaired) electrons. The molecule has 1 aliphatic heterocycles. The van der Waals surface area contributed by atoms with Crippen molar-refractivity contribution in [3.63, 3.8) is 0 Å². The predicted molar refractivity (Wildman–Crippen MR) is 139 cm³/mol. The number of benzene rings is 1. The maximum absolute atomic E-state index is 13.1. The summed E-state index contributed by atoms with van der Waals surface area (Å²) in [6.07, 6.45) is 5.38. The van der Waals surface area contributed by atoms with E-state index in [-0.39, 0.29) is 42.7 Å². The lowest BCUT2D eigenvalue weighted by molar-refractivity contribution is -0.138. The highest BCUT2D eigenvalue weighted by Crippen LogP contribution is 2.28.